The number of carboxylic acid groups (broad SMARTS) is 1. The predicted octanol–water partition coefficient (Wildman–Crippen LogP) is 3.25. The molecule has 2 amide bonds. The molecule has 1 aromatic heterocycles. The molecule has 1 unspecified atom stereocenters. The fraction of sp³-hybridized carbons (Fsp3) is 0.160. The van der Waals surface area contributed by atoms with E-state index in [9.17, 15) is 19.2 Å². The van der Waals surface area contributed by atoms with Crippen LogP contribution in [0.4, 0.5) is 5.69 Å². The van der Waals surface area contributed by atoms with Crippen molar-refractivity contribution < 1.29 is 29.0 Å². The number of hydrogen-bond acceptors (Lipinski definition) is 6. The molecule has 0 bridgehead atoms. The lowest BCUT2D eigenvalue weighted by molar-refractivity contribution is -0.121. The Morgan fingerprint density at radius 2 is 1.83 bits per heavy atom. The lowest BCUT2D eigenvalue weighted by Gasteiger charge is -2.30. The maximum absolute atomic E-state index is 12.8. The zero-order valence-corrected chi connectivity index (χ0v) is 19.7. The number of fused-ring (bicyclic) bond motifs is 1. The van der Waals surface area contributed by atoms with E-state index in [0.29, 0.717) is 22.2 Å². The van der Waals surface area contributed by atoms with E-state index in [1.165, 1.54) is 36.4 Å². The van der Waals surface area contributed by atoms with Crippen molar-refractivity contribution >= 4 is 40.9 Å². The van der Waals surface area contributed by atoms with Gasteiger partial charge in [0.05, 0.1) is 23.9 Å². The Bertz CT molecular complexity index is 1290. The smallest absolute Gasteiger partial charge is 0.335 e. The van der Waals surface area contributed by atoms with Gasteiger partial charge in [-0.05, 0) is 48.4 Å². The van der Waals surface area contributed by atoms with Crippen LogP contribution < -0.4 is 15.4 Å². The van der Waals surface area contributed by atoms with Crippen LogP contribution >= 0.6 is 11.6 Å². The number of halogens is 1. The molecule has 0 radical (unpaired) electrons. The van der Waals surface area contributed by atoms with E-state index < -0.39 is 17.8 Å². The number of aromatic carboxylic acids is 1. The highest BCUT2D eigenvalue weighted by Gasteiger charge is 2.38. The highest BCUT2D eigenvalue weighted by molar-refractivity contribution is 6.30. The summed E-state index contributed by atoms with van der Waals surface area (Å²) in [4.78, 5) is 52.2. The minimum absolute atomic E-state index is 0.0198. The quantitative estimate of drug-likeness (QED) is 0.518. The summed E-state index contributed by atoms with van der Waals surface area (Å²) in [6, 6.07) is 14.3. The minimum Gasteiger partial charge on any atom is -0.481 e. The van der Waals surface area contributed by atoms with Gasteiger partial charge in [-0.1, -0.05) is 23.7 Å². The molecule has 4 rings (SSSR count). The average Bonchev–Trinajstić information content (AvgIpc) is 2.85. The molecule has 1 aliphatic rings. The number of carboxylic acids is 1. The van der Waals surface area contributed by atoms with Gasteiger partial charge in [0.2, 0.25) is 17.7 Å². The van der Waals surface area contributed by atoms with E-state index >= 15 is 0 Å². The normalized spacial score (nSPS) is 14.5. The van der Waals surface area contributed by atoms with Gasteiger partial charge in [-0.25, -0.2) is 9.78 Å². The SMILES string of the molecule is CN1C(=O)C(Cc2cccc(Cl)c2)C(=O)c2cc(C(=O)O)ccc21.COc1ccc(C(N)=O)cn1. The van der Waals surface area contributed by atoms with Crippen molar-refractivity contribution in [3.63, 3.8) is 0 Å². The summed E-state index contributed by atoms with van der Waals surface area (Å²) in [5.41, 5.74) is 6.85. The molecule has 1 aliphatic heterocycles. The number of methoxy groups -OCH3 is 1. The van der Waals surface area contributed by atoms with Gasteiger partial charge in [-0.3, -0.25) is 14.4 Å². The number of Topliss-reactive ketones (excluding diaryl/α,β-unsaturated/α-hetero) is 1. The van der Waals surface area contributed by atoms with Gasteiger partial charge in [-0.15, -0.1) is 0 Å². The number of benzene rings is 2. The maximum Gasteiger partial charge on any atom is 0.335 e. The summed E-state index contributed by atoms with van der Waals surface area (Å²) in [6.45, 7) is 0. The second kappa shape index (κ2) is 10.8. The van der Waals surface area contributed by atoms with Gasteiger partial charge in [0.25, 0.3) is 0 Å². The third-order valence-electron chi connectivity index (χ3n) is 5.37. The number of primary amides is 1. The molecule has 0 aliphatic carbocycles. The van der Waals surface area contributed by atoms with Crippen LogP contribution in [0.2, 0.25) is 5.02 Å². The number of nitrogens with two attached hydrogens (primary N) is 1. The molecule has 0 fully saturated rings. The van der Waals surface area contributed by atoms with Crippen LogP contribution in [-0.4, -0.2) is 47.8 Å². The van der Waals surface area contributed by atoms with Crippen LogP contribution in [0.5, 0.6) is 5.88 Å². The van der Waals surface area contributed by atoms with Crippen LogP contribution in [0.1, 0.15) is 36.6 Å². The molecule has 3 N–H and O–H groups in total. The first-order chi connectivity index (χ1) is 16.6. The molecule has 2 aromatic carbocycles. The standard InChI is InChI=1S/C18H14ClNO4.C7H8N2O2/c1-20-15-6-5-11(18(23)24)9-13(15)16(21)14(17(20)22)8-10-3-2-4-12(19)7-10;1-11-6-3-2-5(4-9-6)7(8)10/h2-7,9,14H,8H2,1H3,(H,23,24);2-4H,1H3,(H2,8,10). The third-order valence-corrected chi connectivity index (χ3v) is 5.61. The van der Waals surface area contributed by atoms with Gasteiger partial charge >= 0.3 is 5.97 Å². The Morgan fingerprint density at radius 3 is 2.40 bits per heavy atom. The van der Waals surface area contributed by atoms with Crippen molar-refractivity contribution in [1.29, 1.82) is 0 Å². The Hall–Kier alpha value is -4.24. The molecule has 10 heteroatoms. The van der Waals surface area contributed by atoms with Gasteiger partial charge in [0.15, 0.2) is 5.78 Å². The van der Waals surface area contributed by atoms with Gasteiger partial charge in [0, 0.05) is 29.9 Å². The number of ether oxygens (including phenoxy) is 1. The number of carbonyl (C=O) groups is 4. The summed E-state index contributed by atoms with van der Waals surface area (Å²) >= 11 is 5.96. The number of amides is 2. The first-order valence-corrected chi connectivity index (χ1v) is 10.7. The fourth-order valence-electron chi connectivity index (χ4n) is 3.54. The Balaban J connectivity index is 0.000000261. The Morgan fingerprint density at radius 1 is 1.11 bits per heavy atom. The van der Waals surface area contributed by atoms with Crippen molar-refractivity contribution in [3.8, 4) is 5.88 Å². The zero-order valence-electron chi connectivity index (χ0n) is 18.9. The molecule has 9 nitrogen and oxygen atoms in total. The second-order valence-electron chi connectivity index (χ2n) is 7.64. The molecule has 0 saturated heterocycles. The van der Waals surface area contributed by atoms with Crippen molar-refractivity contribution in [2.24, 2.45) is 11.7 Å². The van der Waals surface area contributed by atoms with Crippen molar-refractivity contribution in [3.05, 3.63) is 88.1 Å². The van der Waals surface area contributed by atoms with Gasteiger partial charge < -0.3 is 20.5 Å². The van der Waals surface area contributed by atoms with Gasteiger partial charge in [-0.2, -0.15) is 0 Å². The summed E-state index contributed by atoms with van der Waals surface area (Å²) in [7, 11) is 3.09. The number of pyridine rings is 1. The first kappa shape index (κ1) is 25.4. The number of anilines is 1. The second-order valence-corrected chi connectivity index (χ2v) is 8.08. The molecule has 0 saturated carbocycles. The topological polar surface area (TPSA) is 140 Å². The molecule has 0 spiro atoms. The number of hydrogen-bond donors (Lipinski definition) is 2. The van der Waals surface area contributed by atoms with Crippen molar-refractivity contribution in [2.75, 3.05) is 19.1 Å². The highest BCUT2D eigenvalue weighted by atomic mass is 35.5. The molecule has 3 aromatic rings. The Labute approximate surface area is 206 Å². The van der Waals surface area contributed by atoms with Gasteiger partial charge in [0.1, 0.15) is 5.92 Å². The largest absolute Gasteiger partial charge is 0.481 e. The molecule has 2 heterocycles. The molecule has 180 valence electrons. The monoisotopic (exact) mass is 495 g/mol. The zero-order chi connectivity index (χ0) is 25.7. The molecular formula is C25H22ClN3O6. The highest BCUT2D eigenvalue weighted by Crippen LogP contribution is 2.32. The van der Waals surface area contributed by atoms with Crippen molar-refractivity contribution in [2.45, 2.75) is 6.42 Å². The summed E-state index contributed by atoms with van der Waals surface area (Å²) in [5.74, 6) is -2.69. The van der Waals surface area contributed by atoms with E-state index in [-0.39, 0.29) is 29.2 Å². The average molecular weight is 496 g/mol. The lowest BCUT2D eigenvalue weighted by Crippen LogP contribution is -2.43. The molecule has 35 heavy (non-hydrogen) atoms. The fourth-order valence-corrected chi connectivity index (χ4v) is 3.75. The van der Waals surface area contributed by atoms with Crippen LogP contribution in [0.3, 0.4) is 0 Å². The number of aromatic nitrogens is 1. The maximum atomic E-state index is 12.8. The molecule has 1 atom stereocenters. The van der Waals surface area contributed by atoms with E-state index in [2.05, 4.69) is 4.98 Å². The summed E-state index contributed by atoms with van der Waals surface area (Å²) in [5, 5.41) is 9.65. The molecular weight excluding hydrogens is 474 g/mol. The minimum atomic E-state index is -1.11. The summed E-state index contributed by atoms with van der Waals surface area (Å²) in [6.07, 6.45) is 1.60. The lowest BCUT2D eigenvalue weighted by atomic mass is 9.85. The van der Waals surface area contributed by atoms with Crippen molar-refractivity contribution in [1.82, 2.24) is 4.98 Å². The van der Waals surface area contributed by atoms with Crippen LogP contribution in [0.15, 0.2) is 60.8 Å². The Kier molecular flexibility index (Phi) is 7.83. The summed E-state index contributed by atoms with van der Waals surface area (Å²) < 4.78 is 4.79. The van der Waals surface area contributed by atoms with E-state index in [4.69, 9.17) is 27.2 Å². The van der Waals surface area contributed by atoms with E-state index in [1.54, 1.807) is 43.4 Å². The number of ketones is 1. The number of carbonyl (C=O) groups excluding carboxylic acids is 3. The van der Waals surface area contributed by atoms with Crippen LogP contribution in [0.25, 0.3) is 0 Å². The van der Waals surface area contributed by atoms with E-state index in [1.807, 2.05) is 0 Å². The first-order valence-electron chi connectivity index (χ1n) is 10.4. The van der Waals surface area contributed by atoms with Crippen LogP contribution in [0, 0.1) is 5.92 Å². The number of rotatable bonds is 5. The predicted molar refractivity (Wildman–Crippen MR) is 129 cm³/mol. The van der Waals surface area contributed by atoms with E-state index in [0.717, 1.165) is 5.56 Å². The number of nitrogens with zero attached hydrogens (tertiary/aromatic N) is 2. The van der Waals surface area contributed by atoms with Crippen LogP contribution in [-0.2, 0) is 11.2 Å². The third kappa shape index (κ3) is 5.82.